The highest BCUT2D eigenvalue weighted by Gasteiger charge is 2.21. The van der Waals surface area contributed by atoms with Crippen molar-refractivity contribution in [1.29, 1.82) is 0 Å². The first-order valence-corrected chi connectivity index (χ1v) is 9.74. The molecule has 27 heavy (non-hydrogen) atoms. The van der Waals surface area contributed by atoms with Crippen LogP contribution >= 0.6 is 23.2 Å². The number of nitrogens with one attached hydrogen (secondary N) is 1. The quantitative estimate of drug-likeness (QED) is 0.474. The van der Waals surface area contributed by atoms with Gasteiger partial charge in [0, 0.05) is 23.4 Å². The zero-order chi connectivity index (χ0) is 19.6. The van der Waals surface area contributed by atoms with Gasteiger partial charge in [0.25, 0.3) is 15.7 Å². The summed E-state index contributed by atoms with van der Waals surface area (Å²) in [6.07, 6.45) is 1.45. The lowest BCUT2D eigenvalue weighted by atomic mass is 10.2. The van der Waals surface area contributed by atoms with Gasteiger partial charge < -0.3 is 0 Å². The molecule has 1 aromatic heterocycles. The van der Waals surface area contributed by atoms with Crippen LogP contribution in [0.2, 0.25) is 10.0 Å². The molecular formula is C16H12Cl2N4O4S. The number of nitro benzene ring substituents is 1. The van der Waals surface area contributed by atoms with Gasteiger partial charge in [0.1, 0.15) is 5.02 Å². The van der Waals surface area contributed by atoms with Gasteiger partial charge >= 0.3 is 0 Å². The van der Waals surface area contributed by atoms with E-state index in [2.05, 4.69) is 9.82 Å². The smallest absolute Gasteiger partial charge is 0.265 e. The van der Waals surface area contributed by atoms with Crippen LogP contribution in [0, 0.1) is 10.1 Å². The molecule has 1 heterocycles. The molecule has 8 nitrogen and oxygen atoms in total. The average Bonchev–Trinajstić information content (AvgIpc) is 2.95. The summed E-state index contributed by atoms with van der Waals surface area (Å²) in [5.74, 6) is -0.0878. The maximum Gasteiger partial charge on any atom is 0.270 e. The Morgan fingerprint density at radius 2 is 1.85 bits per heavy atom. The van der Waals surface area contributed by atoms with E-state index < -0.39 is 14.9 Å². The Balaban J connectivity index is 1.85. The summed E-state index contributed by atoms with van der Waals surface area (Å²) in [6.45, 7) is 0.290. The number of nitro groups is 1. The van der Waals surface area contributed by atoms with Crippen molar-refractivity contribution < 1.29 is 13.3 Å². The van der Waals surface area contributed by atoms with Crippen LogP contribution in [0.4, 0.5) is 11.5 Å². The topological polar surface area (TPSA) is 107 Å². The number of hydrogen-bond acceptors (Lipinski definition) is 5. The lowest BCUT2D eigenvalue weighted by Crippen LogP contribution is -2.14. The monoisotopic (exact) mass is 426 g/mol. The van der Waals surface area contributed by atoms with Crippen LogP contribution in [0.5, 0.6) is 0 Å². The molecule has 0 fully saturated rings. The highest BCUT2D eigenvalue weighted by atomic mass is 35.5. The third-order valence-electron chi connectivity index (χ3n) is 3.58. The van der Waals surface area contributed by atoms with Gasteiger partial charge in [-0.3, -0.25) is 19.5 Å². The standard InChI is InChI=1S/C16H12Cl2N4O4S/c17-14-7-2-1-4-11(14)9-21-10-15(18)16(19-21)20-27(25,26)13-6-3-5-12(8-13)22(23)24/h1-8,10H,9H2,(H,19,20). The van der Waals surface area contributed by atoms with Gasteiger partial charge in [-0.25, -0.2) is 8.42 Å². The van der Waals surface area contributed by atoms with E-state index >= 15 is 0 Å². The number of hydrogen-bond donors (Lipinski definition) is 1. The van der Waals surface area contributed by atoms with Gasteiger partial charge in [-0.05, 0) is 17.7 Å². The SMILES string of the molecule is O=[N+]([O-])c1cccc(S(=O)(=O)Nc2nn(Cc3ccccc3Cl)cc2Cl)c1. The third-order valence-corrected chi connectivity index (χ3v) is 5.56. The fourth-order valence-electron chi connectivity index (χ4n) is 2.30. The van der Waals surface area contributed by atoms with Crippen molar-refractivity contribution in [2.45, 2.75) is 11.4 Å². The second-order valence-electron chi connectivity index (χ2n) is 5.47. The lowest BCUT2D eigenvalue weighted by Gasteiger charge is -2.06. The molecule has 0 spiro atoms. The van der Waals surface area contributed by atoms with Crippen LogP contribution in [0.25, 0.3) is 0 Å². The molecule has 0 aliphatic heterocycles. The first-order chi connectivity index (χ1) is 12.8. The summed E-state index contributed by atoms with van der Waals surface area (Å²) in [6, 6.07) is 11.8. The van der Waals surface area contributed by atoms with Crippen molar-refractivity contribution in [1.82, 2.24) is 9.78 Å². The highest BCUT2D eigenvalue weighted by molar-refractivity contribution is 7.92. The summed E-state index contributed by atoms with van der Waals surface area (Å²) < 4.78 is 28.7. The number of anilines is 1. The van der Waals surface area contributed by atoms with Crippen molar-refractivity contribution in [3.63, 3.8) is 0 Å². The second kappa shape index (κ2) is 7.55. The number of halogens is 2. The molecule has 0 amide bonds. The van der Waals surface area contributed by atoms with Gasteiger partial charge in [0.05, 0.1) is 16.4 Å². The molecule has 3 aromatic rings. The molecule has 1 N–H and O–H groups in total. The minimum absolute atomic E-state index is 0.0797. The highest BCUT2D eigenvalue weighted by Crippen LogP contribution is 2.25. The zero-order valence-corrected chi connectivity index (χ0v) is 15.9. The molecule has 0 unspecified atom stereocenters. The van der Waals surface area contributed by atoms with Crippen molar-refractivity contribution in [3.8, 4) is 0 Å². The van der Waals surface area contributed by atoms with E-state index in [0.29, 0.717) is 5.02 Å². The molecule has 0 radical (unpaired) electrons. The predicted molar refractivity (Wildman–Crippen MR) is 102 cm³/mol. The Bertz CT molecular complexity index is 1120. The van der Waals surface area contributed by atoms with Crippen LogP contribution in [-0.4, -0.2) is 23.1 Å². The van der Waals surface area contributed by atoms with E-state index in [1.165, 1.54) is 29.1 Å². The molecule has 0 atom stereocenters. The number of sulfonamides is 1. The number of non-ortho nitro benzene ring substituents is 1. The normalized spacial score (nSPS) is 11.3. The van der Waals surface area contributed by atoms with Gasteiger partial charge in [-0.1, -0.05) is 47.5 Å². The maximum atomic E-state index is 12.5. The molecule has 0 aliphatic carbocycles. The van der Waals surface area contributed by atoms with E-state index in [4.69, 9.17) is 23.2 Å². The van der Waals surface area contributed by atoms with E-state index in [1.807, 2.05) is 12.1 Å². The molecule has 0 aliphatic rings. The Morgan fingerprint density at radius 1 is 1.11 bits per heavy atom. The minimum Gasteiger partial charge on any atom is -0.265 e. The number of aromatic nitrogens is 2. The summed E-state index contributed by atoms with van der Waals surface area (Å²) in [5, 5.41) is 15.6. The summed E-state index contributed by atoms with van der Waals surface area (Å²) in [5.41, 5.74) is 0.444. The molecule has 2 aromatic carbocycles. The first-order valence-electron chi connectivity index (χ1n) is 7.50. The van der Waals surface area contributed by atoms with Crippen LogP contribution in [0.1, 0.15) is 5.56 Å². The van der Waals surface area contributed by atoms with Crippen LogP contribution in [0.3, 0.4) is 0 Å². The van der Waals surface area contributed by atoms with Crippen molar-refractivity contribution >= 4 is 44.7 Å². The zero-order valence-electron chi connectivity index (χ0n) is 13.5. The predicted octanol–water partition coefficient (Wildman–Crippen LogP) is 3.95. The molecule has 11 heteroatoms. The largest absolute Gasteiger partial charge is 0.270 e. The number of rotatable bonds is 6. The van der Waals surface area contributed by atoms with Gasteiger partial charge in [0.2, 0.25) is 0 Å². The Morgan fingerprint density at radius 3 is 2.56 bits per heavy atom. The summed E-state index contributed by atoms with van der Waals surface area (Å²) >= 11 is 12.2. The van der Waals surface area contributed by atoms with Gasteiger partial charge in [-0.15, -0.1) is 0 Å². The van der Waals surface area contributed by atoms with E-state index in [-0.39, 0.29) is 28.0 Å². The van der Waals surface area contributed by atoms with E-state index in [9.17, 15) is 18.5 Å². The maximum absolute atomic E-state index is 12.5. The Hall–Kier alpha value is -2.62. The van der Waals surface area contributed by atoms with Gasteiger partial charge in [0.15, 0.2) is 5.82 Å². The fraction of sp³-hybridized carbons (Fsp3) is 0.0625. The lowest BCUT2D eigenvalue weighted by molar-refractivity contribution is -0.385. The van der Waals surface area contributed by atoms with E-state index in [0.717, 1.165) is 11.6 Å². The first kappa shape index (κ1) is 19.2. The number of nitrogens with zero attached hydrogens (tertiary/aromatic N) is 3. The second-order valence-corrected chi connectivity index (χ2v) is 7.97. The fourth-order valence-corrected chi connectivity index (χ4v) is 3.80. The van der Waals surface area contributed by atoms with Gasteiger partial charge in [-0.2, -0.15) is 5.10 Å². The van der Waals surface area contributed by atoms with Crippen LogP contribution in [0.15, 0.2) is 59.6 Å². The Kier molecular flexibility index (Phi) is 5.36. The third kappa shape index (κ3) is 4.38. The van der Waals surface area contributed by atoms with Crippen molar-refractivity contribution in [2.75, 3.05) is 4.72 Å². The van der Waals surface area contributed by atoms with Crippen molar-refractivity contribution in [3.05, 3.63) is 80.5 Å². The van der Waals surface area contributed by atoms with Crippen LogP contribution < -0.4 is 4.72 Å². The Labute approximate surface area is 164 Å². The van der Waals surface area contributed by atoms with E-state index in [1.54, 1.807) is 12.1 Å². The summed E-state index contributed by atoms with van der Waals surface area (Å²) in [7, 11) is -4.10. The molecule has 0 saturated heterocycles. The molecule has 0 bridgehead atoms. The minimum atomic E-state index is -4.10. The summed E-state index contributed by atoms with van der Waals surface area (Å²) in [4.78, 5) is 9.89. The molecule has 3 rings (SSSR count). The number of benzene rings is 2. The molecule has 140 valence electrons. The van der Waals surface area contributed by atoms with Crippen molar-refractivity contribution in [2.24, 2.45) is 0 Å². The molecular weight excluding hydrogens is 415 g/mol. The molecule has 0 saturated carbocycles. The van der Waals surface area contributed by atoms with Crippen LogP contribution in [-0.2, 0) is 16.6 Å². The average molecular weight is 427 g/mol.